The number of carbonyl (C=O) groups is 2. The van der Waals surface area contributed by atoms with Gasteiger partial charge >= 0.3 is 6.09 Å². The lowest BCUT2D eigenvalue weighted by atomic mass is 10.0. The van der Waals surface area contributed by atoms with E-state index in [1.54, 1.807) is 11.9 Å². The molecule has 1 N–H and O–H groups in total. The van der Waals surface area contributed by atoms with Crippen LogP contribution >= 0.6 is 0 Å². The molecule has 0 aliphatic heterocycles. The Balaban J connectivity index is 2.61. The van der Waals surface area contributed by atoms with Crippen LogP contribution in [0, 0.1) is 6.92 Å². The molecule has 0 aliphatic rings. The molecule has 0 saturated heterocycles. The minimum atomic E-state index is -0.585. The molecule has 5 heteroatoms. The second kappa shape index (κ2) is 7.69. The maximum Gasteiger partial charge on any atom is 0.408 e. The van der Waals surface area contributed by atoms with Gasteiger partial charge in [-0.25, -0.2) is 4.79 Å². The number of likely N-dealkylation sites (N-methyl/N-ethyl adjacent to an activating group) is 1. The average molecular weight is 334 g/mol. The van der Waals surface area contributed by atoms with Gasteiger partial charge in [0, 0.05) is 13.6 Å². The van der Waals surface area contributed by atoms with Gasteiger partial charge in [0.15, 0.2) is 0 Å². The normalized spacial score (nSPS) is 11.8. The van der Waals surface area contributed by atoms with E-state index in [0.29, 0.717) is 13.0 Å². The maximum atomic E-state index is 12.4. The van der Waals surface area contributed by atoms with E-state index in [1.165, 1.54) is 0 Å². The molecule has 0 fully saturated rings. The first kappa shape index (κ1) is 20.0. The van der Waals surface area contributed by atoms with Crippen LogP contribution in [0.3, 0.4) is 0 Å². The Kier molecular flexibility index (Phi) is 6.41. The summed E-state index contributed by atoms with van der Waals surface area (Å²) in [7, 11) is 1.75. The third-order valence-corrected chi connectivity index (χ3v) is 3.50. The lowest BCUT2D eigenvalue weighted by Crippen LogP contribution is -2.53. The molecule has 5 nitrogen and oxygen atoms in total. The van der Waals surface area contributed by atoms with Crippen molar-refractivity contribution in [2.45, 2.75) is 59.1 Å². The molecule has 0 aromatic heterocycles. The highest BCUT2D eigenvalue weighted by molar-refractivity contribution is 5.79. The van der Waals surface area contributed by atoms with Crippen molar-refractivity contribution in [1.29, 1.82) is 0 Å². The van der Waals surface area contributed by atoms with Crippen molar-refractivity contribution in [3.8, 4) is 0 Å². The third kappa shape index (κ3) is 7.02. The van der Waals surface area contributed by atoms with Gasteiger partial charge in [0.2, 0.25) is 5.91 Å². The highest BCUT2D eigenvalue weighted by Crippen LogP contribution is 2.12. The van der Waals surface area contributed by atoms with Crippen LogP contribution in [0.1, 0.15) is 45.7 Å². The van der Waals surface area contributed by atoms with Crippen molar-refractivity contribution in [3.05, 3.63) is 35.4 Å². The molecule has 0 radical (unpaired) electrons. The maximum absolute atomic E-state index is 12.4. The van der Waals surface area contributed by atoms with Gasteiger partial charge in [0.1, 0.15) is 5.60 Å². The van der Waals surface area contributed by atoms with Crippen LogP contribution in [-0.4, -0.2) is 41.6 Å². The molecule has 1 rings (SSSR count). The van der Waals surface area contributed by atoms with Crippen molar-refractivity contribution in [2.75, 3.05) is 13.6 Å². The van der Waals surface area contributed by atoms with Gasteiger partial charge in [-0.1, -0.05) is 24.3 Å². The SMILES string of the molecule is Cc1ccccc1CC(=O)N(C)CC(C)(C)NC(=O)OC(C)(C)C. The van der Waals surface area contributed by atoms with Gasteiger partial charge in [0.25, 0.3) is 0 Å². The van der Waals surface area contributed by atoms with Crippen molar-refractivity contribution in [1.82, 2.24) is 10.2 Å². The standard InChI is InChI=1S/C19H30N2O3/c1-14-10-8-9-11-15(14)12-16(22)21(7)13-19(5,6)20-17(23)24-18(2,3)4/h8-11H,12-13H2,1-7H3,(H,20,23). The van der Waals surface area contributed by atoms with Crippen LogP contribution in [0.4, 0.5) is 4.79 Å². The third-order valence-electron chi connectivity index (χ3n) is 3.50. The van der Waals surface area contributed by atoms with Crippen molar-refractivity contribution in [2.24, 2.45) is 0 Å². The van der Waals surface area contributed by atoms with Gasteiger partial charge in [-0.05, 0) is 52.7 Å². The number of benzene rings is 1. The average Bonchev–Trinajstić information content (AvgIpc) is 2.37. The van der Waals surface area contributed by atoms with Crippen LogP contribution in [-0.2, 0) is 16.0 Å². The summed E-state index contributed by atoms with van der Waals surface area (Å²) in [5, 5.41) is 2.82. The Bertz CT molecular complexity index is 589. The van der Waals surface area contributed by atoms with E-state index < -0.39 is 17.2 Å². The predicted molar refractivity (Wildman–Crippen MR) is 96.0 cm³/mol. The largest absolute Gasteiger partial charge is 0.444 e. The number of hydrogen-bond acceptors (Lipinski definition) is 3. The molecule has 1 aromatic carbocycles. The van der Waals surface area contributed by atoms with E-state index in [4.69, 9.17) is 4.74 Å². The first-order valence-corrected chi connectivity index (χ1v) is 8.19. The smallest absolute Gasteiger partial charge is 0.408 e. The number of amides is 2. The minimum absolute atomic E-state index is 0.0170. The van der Waals surface area contributed by atoms with Gasteiger partial charge < -0.3 is 15.0 Å². The molecule has 0 bridgehead atoms. The molecule has 0 heterocycles. The highest BCUT2D eigenvalue weighted by atomic mass is 16.6. The zero-order valence-corrected chi connectivity index (χ0v) is 15.9. The molecule has 134 valence electrons. The van der Waals surface area contributed by atoms with E-state index >= 15 is 0 Å². The second-order valence-corrected chi connectivity index (χ2v) is 7.86. The molecule has 0 atom stereocenters. The van der Waals surface area contributed by atoms with E-state index in [2.05, 4.69) is 5.32 Å². The van der Waals surface area contributed by atoms with Gasteiger partial charge in [-0.3, -0.25) is 4.79 Å². The topological polar surface area (TPSA) is 58.6 Å². The molecule has 1 aromatic rings. The molecule has 24 heavy (non-hydrogen) atoms. The molecular weight excluding hydrogens is 304 g/mol. The zero-order chi connectivity index (χ0) is 18.5. The summed E-state index contributed by atoms with van der Waals surface area (Å²) in [6.07, 6.45) is -0.127. The summed E-state index contributed by atoms with van der Waals surface area (Å²) >= 11 is 0. The fourth-order valence-corrected chi connectivity index (χ4v) is 2.41. The fraction of sp³-hybridized carbons (Fsp3) is 0.579. The van der Waals surface area contributed by atoms with Crippen LogP contribution in [0.25, 0.3) is 0 Å². The summed E-state index contributed by atoms with van der Waals surface area (Å²) in [6, 6.07) is 7.85. The number of alkyl carbamates (subject to hydrolysis) is 1. The fourth-order valence-electron chi connectivity index (χ4n) is 2.41. The van der Waals surface area contributed by atoms with E-state index in [-0.39, 0.29) is 5.91 Å². The van der Waals surface area contributed by atoms with Crippen molar-refractivity contribution < 1.29 is 14.3 Å². The minimum Gasteiger partial charge on any atom is -0.444 e. The van der Waals surface area contributed by atoms with Gasteiger partial charge in [0.05, 0.1) is 12.0 Å². The van der Waals surface area contributed by atoms with Gasteiger partial charge in [-0.15, -0.1) is 0 Å². The van der Waals surface area contributed by atoms with E-state index in [1.807, 2.05) is 65.8 Å². The van der Waals surface area contributed by atoms with Crippen LogP contribution in [0.15, 0.2) is 24.3 Å². The highest BCUT2D eigenvalue weighted by Gasteiger charge is 2.27. The van der Waals surface area contributed by atoms with E-state index in [0.717, 1.165) is 11.1 Å². The number of hydrogen-bond donors (Lipinski definition) is 1. The molecule has 0 saturated carbocycles. The number of aryl methyl sites for hydroxylation is 1. The zero-order valence-electron chi connectivity index (χ0n) is 15.9. The van der Waals surface area contributed by atoms with Crippen molar-refractivity contribution >= 4 is 12.0 Å². The summed E-state index contributed by atoms with van der Waals surface area (Å²) in [5.41, 5.74) is 0.989. The molecule has 0 unspecified atom stereocenters. The van der Waals surface area contributed by atoms with Crippen LogP contribution in [0.5, 0.6) is 0 Å². The van der Waals surface area contributed by atoms with Crippen LogP contribution in [0.2, 0.25) is 0 Å². The predicted octanol–water partition coefficient (Wildman–Crippen LogP) is 3.30. The summed E-state index contributed by atoms with van der Waals surface area (Å²) in [5.74, 6) is 0.0170. The number of ether oxygens (including phenoxy) is 1. The lowest BCUT2D eigenvalue weighted by Gasteiger charge is -2.32. The lowest BCUT2D eigenvalue weighted by molar-refractivity contribution is -0.130. The number of nitrogens with zero attached hydrogens (tertiary/aromatic N) is 1. The Morgan fingerprint density at radius 2 is 1.71 bits per heavy atom. The number of rotatable bonds is 5. The van der Waals surface area contributed by atoms with Gasteiger partial charge in [-0.2, -0.15) is 0 Å². The first-order chi connectivity index (χ1) is 10.9. The second-order valence-electron chi connectivity index (χ2n) is 7.86. The quantitative estimate of drug-likeness (QED) is 0.899. The summed E-state index contributed by atoms with van der Waals surface area (Å²) in [4.78, 5) is 26.0. The van der Waals surface area contributed by atoms with Crippen molar-refractivity contribution in [3.63, 3.8) is 0 Å². The molecule has 0 aliphatic carbocycles. The molecule has 0 spiro atoms. The van der Waals surface area contributed by atoms with E-state index in [9.17, 15) is 9.59 Å². The first-order valence-electron chi connectivity index (χ1n) is 8.19. The monoisotopic (exact) mass is 334 g/mol. The molecular formula is C19H30N2O3. The summed E-state index contributed by atoms with van der Waals surface area (Å²) < 4.78 is 5.27. The molecule has 2 amide bonds. The number of carbonyl (C=O) groups excluding carboxylic acids is 2. The van der Waals surface area contributed by atoms with Crippen LogP contribution < -0.4 is 5.32 Å². The number of nitrogens with one attached hydrogen (secondary N) is 1. The Labute approximate surface area is 145 Å². The Morgan fingerprint density at radius 3 is 2.25 bits per heavy atom. The summed E-state index contributed by atoms with van der Waals surface area (Å²) in [6.45, 7) is 11.6. The Morgan fingerprint density at radius 1 is 1.12 bits per heavy atom. The Hall–Kier alpha value is -2.04.